The van der Waals surface area contributed by atoms with Gasteiger partial charge < -0.3 is 9.73 Å². The molecule has 3 aromatic carbocycles. The Hall–Kier alpha value is -2.92. The van der Waals surface area contributed by atoms with Gasteiger partial charge >= 0.3 is 0 Å². The molecule has 0 saturated carbocycles. The zero-order chi connectivity index (χ0) is 18.8. The third kappa shape index (κ3) is 3.64. The third-order valence-electron chi connectivity index (χ3n) is 4.37. The Balaban J connectivity index is 1.55. The summed E-state index contributed by atoms with van der Waals surface area (Å²) in [7, 11) is 0. The molecule has 0 aliphatic rings. The van der Waals surface area contributed by atoms with E-state index >= 15 is 0 Å². The fourth-order valence-electron chi connectivity index (χ4n) is 2.86. The summed E-state index contributed by atoms with van der Waals surface area (Å²) in [4.78, 5) is 17.0. The van der Waals surface area contributed by atoms with E-state index < -0.39 is 0 Å². The van der Waals surface area contributed by atoms with Crippen LogP contribution < -0.4 is 5.32 Å². The number of halogens is 1. The third-order valence-corrected chi connectivity index (χ3v) is 5.06. The fraction of sp³-hybridized carbons (Fsp3) is 0.0909. The van der Waals surface area contributed by atoms with Gasteiger partial charge in [-0.1, -0.05) is 25.1 Å². The Bertz CT molecular complexity index is 1120. The predicted octanol–water partition coefficient (Wildman–Crippen LogP) is 6.07. The molecule has 0 bridgehead atoms. The molecule has 4 rings (SSSR count). The van der Waals surface area contributed by atoms with E-state index in [-0.39, 0.29) is 5.91 Å². The zero-order valence-corrected chi connectivity index (χ0v) is 16.3. The molecule has 0 radical (unpaired) electrons. The number of hydrogen-bond acceptors (Lipinski definition) is 3. The second-order valence-electron chi connectivity index (χ2n) is 6.19. The minimum atomic E-state index is -0.163. The average Bonchev–Trinajstić information content (AvgIpc) is 3.12. The van der Waals surface area contributed by atoms with Crippen molar-refractivity contribution in [3.05, 3.63) is 82.3 Å². The smallest absolute Gasteiger partial charge is 0.256 e. The Morgan fingerprint density at radius 1 is 1.07 bits per heavy atom. The van der Waals surface area contributed by atoms with Gasteiger partial charge in [0, 0.05) is 15.7 Å². The van der Waals surface area contributed by atoms with E-state index in [1.807, 2.05) is 48.5 Å². The van der Waals surface area contributed by atoms with Gasteiger partial charge in [0.2, 0.25) is 5.89 Å². The van der Waals surface area contributed by atoms with E-state index in [0.717, 1.165) is 27.6 Å². The van der Waals surface area contributed by atoms with Crippen LogP contribution in [0, 0.1) is 0 Å². The Labute approximate surface area is 165 Å². The van der Waals surface area contributed by atoms with Gasteiger partial charge in [-0.3, -0.25) is 4.79 Å². The van der Waals surface area contributed by atoms with Gasteiger partial charge in [0.05, 0.1) is 5.56 Å². The fourth-order valence-corrected chi connectivity index (χ4v) is 3.32. The lowest BCUT2D eigenvalue weighted by Gasteiger charge is -2.07. The average molecular weight is 421 g/mol. The van der Waals surface area contributed by atoms with Crippen LogP contribution in [0.1, 0.15) is 22.8 Å². The van der Waals surface area contributed by atoms with E-state index in [0.29, 0.717) is 17.1 Å². The molecule has 1 amide bonds. The van der Waals surface area contributed by atoms with E-state index in [2.05, 4.69) is 45.3 Å². The van der Waals surface area contributed by atoms with Crippen molar-refractivity contribution in [2.24, 2.45) is 0 Å². The van der Waals surface area contributed by atoms with Crippen molar-refractivity contribution in [3.8, 4) is 11.5 Å². The lowest BCUT2D eigenvalue weighted by molar-refractivity contribution is 0.102. The molecule has 134 valence electrons. The van der Waals surface area contributed by atoms with Crippen molar-refractivity contribution in [2.75, 3.05) is 5.32 Å². The van der Waals surface area contributed by atoms with Crippen LogP contribution in [-0.4, -0.2) is 10.9 Å². The van der Waals surface area contributed by atoms with Gasteiger partial charge in [-0.05, 0) is 76.4 Å². The predicted molar refractivity (Wildman–Crippen MR) is 111 cm³/mol. The first-order chi connectivity index (χ1) is 13.1. The molecule has 4 nitrogen and oxygen atoms in total. The molecule has 0 saturated heterocycles. The van der Waals surface area contributed by atoms with Crippen LogP contribution >= 0.6 is 15.9 Å². The number of hydrogen-bond donors (Lipinski definition) is 1. The molecule has 5 heteroatoms. The van der Waals surface area contributed by atoms with Crippen LogP contribution in [0.15, 0.2) is 75.6 Å². The van der Waals surface area contributed by atoms with Crippen LogP contribution in [0.25, 0.3) is 22.6 Å². The van der Waals surface area contributed by atoms with Crippen molar-refractivity contribution in [2.45, 2.75) is 13.3 Å². The first-order valence-corrected chi connectivity index (χ1v) is 9.49. The van der Waals surface area contributed by atoms with Gasteiger partial charge in [0.25, 0.3) is 5.91 Å². The number of nitrogens with zero attached hydrogens (tertiary/aromatic N) is 1. The van der Waals surface area contributed by atoms with Crippen molar-refractivity contribution < 1.29 is 9.21 Å². The number of carbonyl (C=O) groups excluding carboxylic acids is 1. The van der Waals surface area contributed by atoms with Crippen LogP contribution in [-0.2, 0) is 6.42 Å². The van der Waals surface area contributed by atoms with E-state index in [4.69, 9.17) is 4.42 Å². The number of oxazole rings is 1. The standard InChI is InChI=1S/C22H17BrN2O2/c1-2-14-7-12-20-19(13-14)25-22(27-20)15-8-10-16(11-9-15)24-21(26)17-5-3-4-6-18(17)23/h3-13H,2H2,1H3,(H,24,26). The highest BCUT2D eigenvalue weighted by molar-refractivity contribution is 9.10. The largest absolute Gasteiger partial charge is 0.436 e. The highest BCUT2D eigenvalue weighted by atomic mass is 79.9. The summed E-state index contributed by atoms with van der Waals surface area (Å²) in [6.45, 7) is 2.11. The highest BCUT2D eigenvalue weighted by Gasteiger charge is 2.11. The summed E-state index contributed by atoms with van der Waals surface area (Å²) in [5.74, 6) is 0.408. The molecule has 27 heavy (non-hydrogen) atoms. The molecule has 1 heterocycles. The molecule has 1 N–H and O–H groups in total. The summed E-state index contributed by atoms with van der Waals surface area (Å²) in [5.41, 5.74) is 5.02. The van der Waals surface area contributed by atoms with Crippen LogP contribution in [0.2, 0.25) is 0 Å². The molecule has 0 spiro atoms. The van der Waals surface area contributed by atoms with Crippen LogP contribution in [0.3, 0.4) is 0 Å². The second kappa shape index (κ2) is 7.37. The number of anilines is 1. The first-order valence-electron chi connectivity index (χ1n) is 8.70. The summed E-state index contributed by atoms with van der Waals surface area (Å²) in [6.07, 6.45) is 0.962. The first kappa shape index (κ1) is 17.5. The monoisotopic (exact) mass is 420 g/mol. The number of fused-ring (bicyclic) bond motifs is 1. The summed E-state index contributed by atoms with van der Waals surface area (Å²) >= 11 is 3.40. The molecular formula is C22H17BrN2O2. The lowest BCUT2D eigenvalue weighted by Crippen LogP contribution is -2.12. The Morgan fingerprint density at radius 3 is 2.59 bits per heavy atom. The highest BCUT2D eigenvalue weighted by Crippen LogP contribution is 2.26. The number of benzene rings is 3. The molecule has 0 fully saturated rings. The number of aromatic nitrogens is 1. The maximum Gasteiger partial charge on any atom is 0.256 e. The van der Waals surface area contributed by atoms with E-state index in [1.54, 1.807) is 6.07 Å². The summed E-state index contributed by atoms with van der Waals surface area (Å²) < 4.78 is 6.62. The molecule has 0 aliphatic carbocycles. The molecule has 1 aromatic heterocycles. The summed E-state index contributed by atoms with van der Waals surface area (Å²) in [6, 6.07) is 20.9. The van der Waals surface area contributed by atoms with E-state index in [1.165, 1.54) is 5.56 Å². The van der Waals surface area contributed by atoms with Gasteiger partial charge in [0.15, 0.2) is 5.58 Å². The number of amides is 1. The van der Waals surface area contributed by atoms with Crippen LogP contribution in [0.5, 0.6) is 0 Å². The normalized spacial score (nSPS) is 10.9. The minimum absolute atomic E-state index is 0.163. The van der Waals surface area contributed by atoms with Crippen molar-refractivity contribution in [3.63, 3.8) is 0 Å². The SMILES string of the molecule is CCc1ccc2oc(-c3ccc(NC(=O)c4ccccc4Br)cc3)nc2c1. The Morgan fingerprint density at radius 2 is 1.85 bits per heavy atom. The molecule has 0 aliphatic heterocycles. The minimum Gasteiger partial charge on any atom is -0.436 e. The van der Waals surface area contributed by atoms with Crippen molar-refractivity contribution in [1.29, 1.82) is 0 Å². The number of aryl methyl sites for hydroxylation is 1. The number of carbonyl (C=O) groups is 1. The topological polar surface area (TPSA) is 55.1 Å². The van der Waals surface area contributed by atoms with Gasteiger partial charge in [-0.2, -0.15) is 0 Å². The molecule has 0 unspecified atom stereocenters. The van der Waals surface area contributed by atoms with Gasteiger partial charge in [0.1, 0.15) is 5.52 Å². The number of rotatable bonds is 4. The Kier molecular flexibility index (Phi) is 4.77. The van der Waals surface area contributed by atoms with Gasteiger partial charge in [-0.25, -0.2) is 4.98 Å². The van der Waals surface area contributed by atoms with Crippen molar-refractivity contribution >= 4 is 38.6 Å². The molecule has 4 aromatic rings. The maximum atomic E-state index is 12.4. The second-order valence-corrected chi connectivity index (χ2v) is 7.04. The van der Waals surface area contributed by atoms with Gasteiger partial charge in [-0.15, -0.1) is 0 Å². The number of nitrogens with one attached hydrogen (secondary N) is 1. The van der Waals surface area contributed by atoms with Crippen molar-refractivity contribution in [1.82, 2.24) is 4.98 Å². The molecular weight excluding hydrogens is 404 g/mol. The lowest BCUT2D eigenvalue weighted by atomic mass is 10.1. The maximum absolute atomic E-state index is 12.4. The zero-order valence-electron chi connectivity index (χ0n) is 14.7. The quantitative estimate of drug-likeness (QED) is 0.435. The molecule has 0 atom stereocenters. The summed E-state index contributed by atoms with van der Waals surface area (Å²) in [5, 5.41) is 2.90. The van der Waals surface area contributed by atoms with Crippen LogP contribution in [0.4, 0.5) is 5.69 Å². The van der Waals surface area contributed by atoms with E-state index in [9.17, 15) is 4.79 Å².